The summed E-state index contributed by atoms with van der Waals surface area (Å²) in [6, 6.07) is 12.5. The fourth-order valence-electron chi connectivity index (χ4n) is 1.98. The molecular formula is C14H14N2O2. The molecule has 4 heteroatoms. The van der Waals surface area contributed by atoms with Crippen molar-refractivity contribution >= 4 is 17.3 Å². The summed E-state index contributed by atoms with van der Waals surface area (Å²) in [4.78, 5) is 10.9. The monoisotopic (exact) mass is 242 g/mol. The topological polar surface area (TPSA) is 89.3 Å². The minimum absolute atomic E-state index is 0.0747. The molecule has 4 nitrogen and oxygen atoms in total. The Bertz CT molecular complexity index is 594. The van der Waals surface area contributed by atoms with E-state index in [1.54, 1.807) is 24.3 Å². The van der Waals surface area contributed by atoms with E-state index in [-0.39, 0.29) is 6.42 Å². The Kier molecular flexibility index (Phi) is 3.19. The highest BCUT2D eigenvalue weighted by Gasteiger charge is 2.13. The number of benzene rings is 2. The molecular weight excluding hydrogens is 228 g/mol. The van der Waals surface area contributed by atoms with E-state index in [0.717, 1.165) is 5.56 Å². The van der Waals surface area contributed by atoms with E-state index >= 15 is 0 Å². The molecule has 0 aliphatic rings. The quantitative estimate of drug-likeness (QED) is 0.719. The fourth-order valence-corrected chi connectivity index (χ4v) is 1.98. The van der Waals surface area contributed by atoms with Gasteiger partial charge in [0.15, 0.2) is 0 Å². The van der Waals surface area contributed by atoms with Crippen LogP contribution in [-0.4, -0.2) is 11.1 Å². The maximum Gasteiger partial charge on any atom is 0.307 e. The predicted molar refractivity (Wildman–Crippen MR) is 72.0 cm³/mol. The summed E-state index contributed by atoms with van der Waals surface area (Å²) in [7, 11) is 0. The van der Waals surface area contributed by atoms with Crippen LogP contribution in [0.25, 0.3) is 11.1 Å². The Balaban J connectivity index is 2.62. The first-order valence-electron chi connectivity index (χ1n) is 5.53. The van der Waals surface area contributed by atoms with Crippen molar-refractivity contribution in [1.29, 1.82) is 0 Å². The second kappa shape index (κ2) is 4.79. The van der Waals surface area contributed by atoms with E-state index in [1.807, 2.05) is 18.2 Å². The number of hydrogen-bond donors (Lipinski definition) is 3. The largest absolute Gasteiger partial charge is 0.481 e. The number of carbonyl (C=O) groups is 1. The SMILES string of the molecule is Nc1ccccc1-c1c(N)cccc1CC(=O)O. The lowest BCUT2D eigenvalue weighted by Gasteiger charge is -2.13. The number of carboxylic acids is 1. The van der Waals surface area contributed by atoms with Crippen LogP contribution in [0.5, 0.6) is 0 Å². The Hall–Kier alpha value is -2.49. The molecule has 2 rings (SSSR count). The van der Waals surface area contributed by atoms with Crippen LogP contribution in [0.15, 0.2) is 42.5 Å². The average molecular weight is 242 g/mol. The van der Waals surface area contributed by atoms with Crippen molar-refractivity contribution in [1.82, 2.24) is 0 Å². The summed E-state index contributed by atoms with van der Waals surface area (Å²) >= 11 is 0. The van der Waals surface area contributed by atoms with Crippen LogP contribution in [0.3, 0.4) is 0 Å². The van der Waals surface area contributed by atoms with Crippen LogP contribution >= 0.6 is 0 Å². The van der Waals surface area contributed by atoms with Gasteiger partial charge in [0.25, 0.3) is 0 Å². The van der Waals surface area contributed by atoms with E-state index < -0.39 is 5.97 Å². The second-order valence-corrected chi connectivity index (χ2v) is 4.04. The highest BCUT2D eigenvalue weighted by Crippen LogP contribution is 2.33. The first-order chi connectivity index (χ1) is 8.59. The van der Waals surface area contributed by atoms with Gasteiger partial charge in [0, 0.05) is 22.5 Å². The fraction of sp³-hybridized carbons (Fsp3) is 0.0714. The zero-order chi connectivity index (χ0) is 13.1. The molecule has 0 unspecified atom stereocenters. The number of hydrogen-bond acceptors (Lipinski definition) is 3. The molecule has 0 fully saturated rings. The van der Waals surface area contributed by atoms with Crippen LogP contribution in [0, 0.1) is 0 Å². The van der Waals surface area contributed by atoms with Gasteiger partial charge in [-0.25, -0.2) is 0 Å². The number of aliphatic carboxylic acids is 1. The Labute approximate surface area is 105 Å². The van der Waals surface area contributed by atoms with Gasteiger partial charge in [0.05, 0.1) is 6.42 Å². The molecule has 2 aromatic carbocycles. The lowest BCUT2D eigenvalue weighted by atomic mass is 9.95. The van der Waals surface area contributed by atoms with Gasteiger partial charge in [-0.2, -0.15) is 0 Å². The lowest BCUT2D eigenvalue weighted by molar-refractivity contribution is -0.136. The van der Waals surface area contributed by atoms with Crippen molar-refractivity contribution in [3.05, 3.63) is 48.0 Å². The van der Waals surface area contributed by atoms with E-state index in [1.165, 1.54) is 0 Å². The molecule has 0 spiro atoms. The van der Waals surface area contributed by atoms with Gasteiger partial charge in [-0.05, 0) is 17.7 Å². The smallest absolute Gasteiger partial charge is 0.307 e. The van der Waals surface area contributed by atoms with Crippen molar-refractivity contribution in [2.75, 3.05) is 11.5 Å². The average Bonchev–Trinajstić information content (AvgIpc) is 2.30. The second-order valence-electron chi connectivity index (χ2n) is 4.04. The van der Waals surface area contributed by atoms with E-state index in [4.69, 9.17) is 16.6 Å². The van der Waals surface area contributed by atoms with Gasteiger partial charge >= 0.3 is 5.97 Å². The summed E-state index contributed by atoms with van der Waals surface area (Å²) in [6.45, 7) is 0. The molecule has 0 atom stereocenters. The maximum absolute atomic E-state index is 10.9. The van der Waals surface area contributed by atoms with Gasteiger partial charge in [-0.15, -0.1) is 0 Å². The lowest BCUT2D eigenvalue weighted by Crippen LogP contribution is -2.04. The molecule has 0 bridgehead atoms. The number of rotatable bonds is 3. The summed E-state index contributed by atoms with van der Waals surface area (Å²) in [6.07, 6.45) is -0.0747. The first-order valence-corrected chi connectivity index (χ1v) is 5.53. The summed E-state index contributed by atoms with van der Waals surface area (Å²) in [5.74, 6) is -0.892. The molecule has 0 aliphatic heterocycles. The van der Waals surface area contributed by atoms with E-state index in [0.29, 0.717) is 22.5 Å². The van der Waals surface area contributed by atoms with Crippen LogP contribution in [0.1, 0.15) is 5.56 Å². The highest BCUT2D eigenvalue weighted by atomic mass is 16.4. The Morgan fingerprint density at radius 3 is 2.33 bits per heavy atom. The number of nitrogen functional groups attached to an aromatic ring is 2. The molecule has 92 valence electrons. The zero-order valence-electron chi connectivity index (χ0n) is 9.76. The molecule has 18 heavy (non-hydrogen) atoms. The maximum atomic E-state index is 10.9. The molecule has 0 aromatic heterocycles. The third-order valence-electron chi connectivity index (χ3n) is 2.75. The molecule has 0 amide bonds. The molecule has 2 aromatic rings. The summed E-state index contributed by atoms with van der Waals surface area (Å²) in [5, 5.41) is 8.93. The van der Waals surface area contributed by atoms with Crippen LogP contribution in [0.4, 0.5) is 11.4 Å². The van der Waals surface area contributed by atoms with Crippen molar-refractivity contribution in [3.8, 4) is 11.1 Å². The number of anilines is 2. The third-order valence-corrected chi connectivity index (χ3v) is 2.75. The van der Waals surface area contributed by atoms with Crippen molar-refractivity contribution < 1.29 is 9.90 Å². The molecule has 0 heterocycles. The first kappa shape index (κ1) is 12.0. The van der Waals surface area contributed by atoms with E-state index in [9.17, 15) is 4.79 Å². The van der Waals surface area contributed by atoms with Crippen molar-refractivity contribution in [2.45, 2.75) is 6.42 Å². The van der Waals surface area contributed by atoms with Gasteiger partial charge in [-0.3, -0.25) is 4.79 Å². The van der Waals surface area contributed by atoms with Crippen LogP contribution < -0.4 is 11.5 Å². The molecule has 0 saturated heterocycles. The summed E-state index contributed by atoms with van der Waals surface area (Å²) in [5.41, 5.74) is 15.1. The van der Waals surface area contributed by atoms with Crippen molar-refractivity contribution in [2.24, 2.45) is 0 Å². The van der Waals surface area contributed by atoms with Gasteiger partial charge < -0.3 is 16.6 Å². The molecule has 0 radical (unpaired) electrons. The van der Waals surface area contributed by atoms with Crippen molar-refractivity contribution in [3.63, 3.8) is 0 Å². The van der Waals surface area contributed by atoms with Gasteiger partial charge in [-0.1, -0.05) is 30.3 Å². The van der Waals surface area contributed by atoms with E-state index in [2.05, 4.69) is 0 Å². The number of nitrogens with two attached hydrogens (primary N) is 2. The number of carboxylic acid groups (broad SMARTS) is 1. The molecule has 0 saturated carbocycles. The minimum Gasteiger partial charge on any atom is -0.481 e. The molecule has 0 aliphatic carbocycles. The van der Waals surface area contributed by atoms with Gasteiger partial charge in [0.2, 0.25) is 0 Å². The number of para-hydroxylation sites is 1. The third kappa shape index (κ3) is 2.27. The van der Waals surface area contributed by atoms with Crippen LogP contribution in [0.2, 0.25) is 0 Å². The Morgan fingerprint density at radius 1 is 1.00 bits per heavy atom. The predicted octanol–water partition coefficient (Wildman–Crippen LogP) is 2.15. The standard InChI is InChI=1S/C14H14N2O2/c15-11-6-2-1-5-10(11)14-9(8-13(17)18)4-3-7-12(14)16/h1-7H,8,15-16H2,(H,17,18). The Morgan fingerprint density at radius 2 is 1.67 bits per heavy atom. The summed E-state index contributed by atoms with van der Waals surface area (Å²) < 4.78 is 0. The highest BCUT2D eigenvalue weighted by molar-refractivity contribution is 5.88. The molecule has 5 N–H and O–H groups in total. The van der Waals surface area contributed by atoms with Crippen LogP contribution in [-0.2, 0) is 11.2 Å². The van der Waals surface area contributed by atoms with Gasteiger partial charge in [0.1, 0.15) is 0 Å². The zero-order valence-corrected chi connectivity index (χ0v) is 9.76. The normalized spacial score (nSPS) is 10.2. The minimum atomic E-state index is -0.892.